The number of anilines is 1. The SMILES string of the molecule is CC(C)(Nc1ccc(C#N)c(Br)c1F)C(C)(C)C(=O)O. The van der Waals surface area contributed by atoms with Gasteiger partial charge in [-0.05, 0) is 55.8 Å². The van der Waals surface area contributed by atoms with Gasteiger partial charge in [-0.3, -0.25) is 4.79 Å². The van der Waals surface area contributed by atoms with Crippen LogP contribution >= 0.6 is 15.9 Å². The Bertz CT molecular complexity index is 592. The minimum Gasteiger partial charge on any atom is -0.481 e. The highest BCUT2D eigenvalue weighted by atomic mass is 79.9. The summed E-state index contributed by atoms with van der Waals surface area (Å²) in [6.07, 6.45) is 0. The normalized spacial score (nSPS) is 11.8. The van der Waals surface area contributed by atoms with Gasteiger partial charge in [0.25, 0.3) is 0 Å². The van der Waals surface area contributed by atoms with Crippen LogP contribution in [0.15, 0.2) is 16.6 Å². The summed E-state index contributed by atoms with van der Waals surface area (Å²) < 4.78 is 14.2. The molecule has 0 aliphatic rings. The van der Waals surface area contributed by atoms with Gasteiger partial charge in [-0.2, -0.15) is 5.26 Å². The van der Waals surface area contributed by atoms with E-state index in [-0.39, 0.29) is 15.7 Å². The Morgan fingerprint density at radius 3 is 2.40 bits per heavy atom. The summed E-state index contributed by atoms with van der Waals surface area (Å²) >= 11 is 3.02. The number of nitrogens with one attached hydrogen (secondary N) is 1. The van der Waals surface area contributed by atoms with E-state index in [0.717, 1.165) is 0 Å². The molecule has 0 bridgehead atoms. The smallest absolute Gasteiger partial charge is 0.311 e. The Labute approximate surface area is 125 Å². The van der Waals surface area contributed by atoms with Crippen molar-refractivity contribution in [3.05, 3.63) is 28.0 Å². The summed E-state index contributed by atoms with van der Waals surface area (Å²) in [5.41, 5.74) is -1.67. The van der Waals surface area contributed by atoms with Crippen molar-refractivity contribution in [2.24, 2.45) is 5.41 Å². The Hall–Kier alpha value is -1.61. The van der Waals surface area contributed by atoms with Gasteiger partial charge in [0.05, 0.1) is 21.1 Å². The highest BCUT2D eigenvalue weighted by Gasteiger charge is 2.43. The minimum atomic E-state index is -1.11. The van der Waals surface area contributed by atoms with E-state index in [1.165, 1.54) is 12.1 Å². The van der Waals surface area contributed by atoms with Gasteiger partial charge in [-0.1, -0.05) is 0 Å². The van der Waals surface area contributed by atoms with E-state index >= 15 is 0 Å². The first kappa shape index (κ1) is 16.4. The van der Waals surface area contributed by atoms with Crippen molar-refractivity contribution in [1.82, 2.24) is 0 Å². The molecular formula is C14H16BrFN2O2. The zero-order valence-corrected chi connectivity index (χ0v) is 13.3. The van der Waals surface area contributed by atoms with Crippen LogP contribution in [0.2, 0.25) is 0 Å². The van der Waals surface area contributed by atoms with Crippen molar-refractivity contribution in [2.45, 2.75) is 33.2 Å². The van der Waals surface area contributed by atoms with E-state index in [2.05, 4.69) is 21.2 Å². The summed E-state index contributed by atoms with van der Waals surface area (Å²) in [6.45, 7) is 6.51. The lowest BCUT2D eigenvalue weighted by Gasteiger charge is -2.39. The summed E-state index contributed by atoms with van der Waals surface area (Å²) in [6, 6.07) is 4.77. The predicted molar refractivity (Wildman–Crippen MR) is 77.9 cm³/mol. The van der Waals surface area contributed by atoms with Crippen LogP contribution in [-0.4, -0.2) is 16.6 Å². The third-order valence-electron chi connectivity index (χ3n) is 3.75. The third kappa shape index (κ3) is 2.78. The number of carboxylic acid groups (broad SMARTS) is 1. The third-order valence-corrected chi connectivity index (χ3v) is 4.52. The Morgan fingerprint density at radius 2 is 1.95 bits per heavy atom. The average Bonchev–Trinajstić information content (AvgIpc) is 2.34. The number of rotatable bonds is 4. The lowest BCUT2D eigenvalue weighted by molar-refractivity contribution is -0.149. The van der Waals surface area contributed by atoms with E-state index in [9.17, 15) is 14.3 Å². The van der Waals surface area contributed by atoms with Crippen LogP contribution in [0.3, 0.4) is 0 Å². The maximum atomic E-state index is 14.2. The zero-order chi connectivity index (χ0) is 15.7. The number of hydrogen-bond acceptors (Lipinski definition) is 3. The second kappa shape index (κ2) is 5.41. The summed E-state index contributed by atoms with van der Waals surface area (Å²) in [7, 11) is 0. The van der Waals surface area contributed by atoms with Crippen LogP contribution < -0.4 is 5.32 Å². The van der Waals surface area contributed by atoms with Crippen molar-refractivity contribution in [3.63, 3.8) is 0 Å². The van der Waals surface area contributed by atoms with Gasteiger partial charge < -0.3 is 10.4 Å². The van der Waals surface area contributed by atoms with E-state index in [0.29, 0.717) is 0 Å². The predicted octanol–water partition coefficient (Wildman–Crippen LogP) is 3.76. The van der Waals surface area contributed by atoms with Crippen LogP contribution in [0.4, 0.5) is 10.1 Å². The molecule has 0 saturated heterocycles. The molecule has 0 amide bonds. The molecule has 0 heterocycles. The average molecular weight is 343 g/mol. The van der Waals surface area contributed by atoms with Crippen molar-refractivity contribution in [3.8, 4) is 6.07 Å². The van der Waals surface area contributed by atoms with Crippen LogP contribution in [0.1, 0.15) is 33.3 Å². The fourth-order valence-corrected chi connectivity index (χ4v) is 1.93. The van der Waals surface area contributed by atoms with E-state index in [1.807, 2.05) is 6.07 Å². The monoisotopic (exact) mass is 342 g/mol. The summed E-state index contributed by atoms with van der Waals surface area (Å²) in [4.78, 5) is 11.3. The molecule has 20 heavy (non-hydrogen) atoms. The van der Waals surface area contributed by atoms with Crippen molar-refractivity contribution in [2.75, 3.05) is 5.32 Å². The van der Waals surface area contributed by atoms with Crippen molar-refractivity contribution < 1.29 is 14.3 Å². The number of benzene rings is 1. The molecule has 0 atom stereocenters. The van der Waals surface area contributed by atoms with Crippen molar-refractivity contribution >= 4 is 27.6 Å². The van der Waals surface area contributed by atoms with Gasteiger partial charge in [0.1, 0.15) is 6.07 Å². The zero-order valence-electron chi connectivity index (χ0n) is 11.7. The van der Waals surface area contributed by atoms with Gasteiger partial charge in [0.15, 0.2) is 5.82 Å². The molecule has 0 unspecified atom stereocenters. The Kier molecular flexibility index (Phi) is 4.45. The number of hydrogen-bond donors (Lipinski definition) is 2. The summed E-state index contributed by atoms with van der Waals surface area (Å²) in [5.74, 6) is -1.60. The van der Waals surface area contributed by atoms with Crippen LogP contribution in [0.5, 0.6) is 0 Å². The molecule has 1 rings (SSSR count). The largest absolute Gasteiger partial charge is 0.481 e. The molecule has 0 aliphatic carbocycles. The molecule has 0 spiro atoms. The second-order valence-corrected chi connectivity index (χ2v) is 6.37. The maximum absolute atomic E-state index is 14.2. The standard InChI is InChI=1S/C14H16BrFN2O2/c1-13(2,12(19)20)14(3,4)18-9-6-5-8(7-17)10(15)11(9)16/h5-6,18H,1-4H3,(H,19,20). The first-order chi connectivity index (χ1) is 9.04. The summed E-state index contributed by atoms with van der Waals surface area (Å²) in [5, 5.41) is 21.0. The highest BCUT2D eigenvalue weighted by Crippen LogP contribution is 2.36. The topological polar surface area (TPSA) is 73.1 Å². The lowest BCUT2D eigenvalue weighted by Crippen LogP contribution is -2.50. The number of carbonyl (C=O) groups is 1. The molecule has 0 fully saturated rings. The molecule has 108 valence electrons. The molecule has 2 N–H and O–H groups in total. The fourth-order valence-electron chi connectivity index (χ4n) is 1.49. The molecule has 4 nitrogen and oxygen atoms in total. The first-order valence-corrected chi connectivity index (χ1v) is 6.73. The highest BCUT2D eigenvalue weighted by molar-refractivity contribution is 9.10. The van der Waals surface area contributed by atoms with Crippen LogP contribution in [0.25, 0.3) is 0 Å². The number of aliphatic carboxylic acids is 1. The van der Waals surface area contributed by atoms with Gasteiger partial charge in [-0.15, -0.1) is 0 Å². The fraction of sp³-hybridized carbons (Fsp3) is 0.429. The molecule has 0 saturated carbocycles. The van der Waals surface area contributed by atoms with E-state index in [1.54, 1.807) is 27.7 Å². The van der Waals surface area contributed by atoms with Gasteiger partial charge in [-0.25, -0.2) is 4.39 Å². The van der Waals surface area contributed by atoms with Gasteiger partial charge in [0.2, 0.25) is 0 Å². The molecule has 0 radical (unpaired) electrons. The van der Waals surface area contributed by atoms with E-state index in [4.69, 9.17) is 5.26 Å². The number of carboxylic acids is 1. The van der Waals surface area contributed by atoms with Crippen LogP contribution in [0, 0.1) is 22.6 Å². The quantitative estimate of drug-likeness (QED) is 0.873. The number of halogens is 2. The second-order valence-electron chi connectivity index (χ2n) is 5.58. The molecule has 1 aromatic rings. The Morgan fingerprint density at radius 1 is 1.40 bits per heavy atom. The number of nitriles is 1. The molecule has 1 aromatic carbocycles. The van der Waals surface area contributed by atoms with Gasteiger partial charge >= 0.3 is 5.97 Å². The molecular weight excluding hydrogens is 327 g/mol. The first-order valence-electron chi connectivity index (χ1n) is 5.94. The van der Waals surface area contributed by atoms with Gasteiger partial charge in [0, 0.05) is 5.54 Å². The molecule has 0 aliphatic heterocycles. The maximum Gasteiger partial charge on any atom is 0.311 e. The Balaban J connectivity index is 3.21. The molecule has 6 heteroatoms. The molecule has 0 aromatic heterocycles. The van der Waals surface area contributed by atoms with Crippen molar-refractivity contribution in [1.29, 1.82) is 5.26 Å². The minimum absolute atomic E-state index is 0.0638. The number of nitrogens with zero attached hydrogens (tertiary/aromatic N) is 1. The van der Waals surface area contributed by atoms with E-state index < -0.39 is 22.7 Å². The lowest BCUT2D eigenvalue weighted by atomic mass is 9.74. The van der Waals surface area contributed by atoms with Crippen LogP contribution in [-0.2, 0) is 4.79 Å².